The van der Waals surface area contributed by atoms with Crippen molar-refractivity contribution in [2.45, 2.75) is 23.5 Å². The Morgan fingerprint density at radius 3 is 2.30 bits per heavy atom. The second-order valence-corrected chi connectivity index (χ2v) is 8.29. The van der Waals surface area contributed by atoms with Gasteiger partial charge in [0.1, 0.15) is 5.75 Å². The number of thioether (sulfide) groups is 1. The lowest BCUT2D eigenvalue weighted by Gasteiger charge is -2.15. The molecule has 170 valence electrons. The number of carbonyl (C=O) groups is 2. The Bertz CT molecular complexity index is 1130. The zero-order chi connectivity index (χ0) is 23.8. The Balaban J connectivity index is 1.64. The summed E-state index contributed by atoms with van der Waals surface area (Å²) >= 11 is 1.40. The van der Waals surface area contributed by atoms with Crippen LogP contribution in [0.1, 0.15) is 23.7 Å². The van der Waals surface area contributed by atoms with E-state index in [0.717, 1.165) is 4.90 Å². The highest BCUT2D eigenvalue weighted by atomic mass is 32.2. The molecule has 0 aliphatic rings. The molecule has 0 saturated heterocycles. The predicted octanol–water partition coefficient (Wildman–Crippen LogP) is 5.37. The summed E-state index contributed by atoms with van der Waals surface area (Å²) in [5.74, 6) is 0.214. The van der Waals surface area contributed by atoms with Crippen LogP contribution in [-0.4, -0.2) is 29.1 Å². The summed E-state index contributed by atoms with van der Waals surface area (Å²) < 4.78 is 5.13. The van der Waals surface area contributed by atoms with Gasteiger partial charge in [-0.1, -0.05) is 13.0 Å². The van der Waals surface area contributed by atoms with E-state index in [-0.39, 0.29) is 22.8 Å². The first-order chi connectivity index (χ1) is 15.9. The van der Waals surface area contributed by atoms with Crippen molar-refractivity contribution in [2.75, 3.05) is 17.7 Å². The van der Waals surface area contributed by atoms with E-state index in [1.165, 1.54) is 36.0 Å². The SMILES string of the molecule is CCC(Sc1cccc(NC(=O)c2ccc([N+](=O)[O-])cc2)c1)C(=O)Nc1ccc(OC)cc1. The van der Waals surface area contributed by atoms with Gasteiger partial charge in [0.2, 0.25) is 5.91 Å². The van der Waals surface area contributed by atoms with Gasteiger partial charge in [0.05, 0.1) is 17.3 Å². The van der Waals surface area contributed by atoms with Crippen LogP contribution in [0.2, 0.25) is 0 Å². The van der Waals surface area contributed by atoms with E-state index in [9.17, 15) is 19.7 Å². The highest BCUT2D eigenvalue weighted by Crippen LogP contribution is 2.29. The van der Waals surface area contributed by atoms with Gasteiger partial charge < -0.3 is 15.4 Å². The number of hydrogen-bond donors (Lipinski definition) is 2. The third-order valence-electron chi connectivity index (χ3n) is 4.73. The average molecular weight is 466 g/mol. The van der Waals surface area contributed by atoms with Crippen molar-refractivity contribution in [1.29, 1.82) is 0 Å². The van der Waals surface area contributed by atoms with Crippen molar-refractivity contribution < 1.29 is 19.2 Å². The molecule has 0 spiro atoms. The van der Waals surface area contributed by atoms with Crippen LogP contribution in [0.5, 0.6) is 5.75 Å². The van der Waals surface area contributed by atoms with Crippen LogP contribution >= 0.6 is 11.8 Å². The molecule has 0 aliphatic carbocycles. The van der Waals surface area contributed by atoms with E-state index < -0.39 is 4.92 Å². The molecule has 0 bridgehead atoms. The number of hydrogen-bond acceptors (Lipinski definition) is 6. The smallest absolute Gasteiger partial charge is 0.269 e. The van der Waals surface area contributed by atoms with Crippen molar-refractivity contribution in [1.82, 2.24) is 0 Å². The monoisotopic (exact) mass is 465 g/mol. The molecule has 3 aromatic carbocycles. The van der Waals surface area contributed by atoms with Gasteiger partial charge in [-0.2, -0.15) is 0 Å². The second-order valence-electron chi connectivity index (χ2n) is 7.02. The Hall–Kier alpha value is -3.85. The van der Waals surface area contributed by atoms with Crippen molar-refractivity contribution in [3.63, 3.8) is 0 Å². The number of non-ortho nitro benzene ring substituents is 1. The van der Waals surface area contributed by atoms with Crippen LogP contribution in [0.15, 0.2) is 77.7 Å². The van der Waals surface area contributed by atoms with Crippen molar-refractivity contribution in [3.8, 4) is 5.75 Å². The highest BCUT2D eigenvalue weighted by molar-refractivity contribution is 8.00. The van der Waals surface area contributed by atoms with Gasteiger partial charge in [0, 0.05) is 34.0 Å². The number of nitro benzene ring substituents is 1. The Kier molecular flexibility index (Phi) is 8.04. The lowest BCUT2D eigenvalue weighted by atomic mass is 10.2. The van der Waals surface area contributed by atoms with Crippen LogP contribution < -0.4 is 15.4 Å². The summed E-state index contributed by atoms with van der Waals surface area (Å²) in [5, 5.41) is 16.1. The van der Waals surface area contributed by atoms with Crippen molar-refractivity contribution in [3.05, 3.63) is 88.5 Å². The largest absolute Gasteiger partial charge is 0.497 e. The summed E-state index contributed by atoms with van der Waals surface area (Å²) in [5.41, 5.74) is 1.48. The minimum atomic E-state index is -0.517. The molecule has 3 rings (SSSR count). The number of nitrogens with one attached hydrogen (secondary N) is 2. The topological polar surface area (TPSA) is 111 Å². The molecule has 1 unspecified atom stereocenters. The van der Waals surface area contributed by atoms with Gasteiger partial charge in [-0.25, -0.2) is 0 Å². The number of nitro groups is 1. The fourth-order valence-electron chi connectivity index (χ4n) is 2.97. The molecule has 0 fully saturated rings. The minimum absolute atomic E-state index is 0.0801. The first kappa shape index (κ1) is 23.8. The molecular weight excluding hydrogens is 442 g/mol. The molecule has 9 heteroatoms. The molecule has 2 N–H and O–H groups in total. The standard InChI is InChI=1S/C24H23N3O5S/c1-3-22(24(29)25-17-9-13-20(32-2)14-10-17)33-21-6-4-5-18(15-21)26-23(28)16-7-11-19(12-8-16)27(30)31/h4-15,22H,3H2,1-2H3,(H,25,29)(H,26,28). The number of benzene rings is 3. The van der Waals surface area contributed by atoms with E-state index in [1.54, 1.807) is 49.6 Å². The highest BCUT2D eigenvalue weighted by Gasteiger charge is 2.19. The summed E-state index contributed by atoms with van der Waals surface area (Å²) in [4.78, 5) is 36.3. The fourth-order valence-corrected chi connectivity index (χ4v) is 3.98. The lowest BCUT2D eigenvalue weighted by molar-refractivity contribution is -0.384. The van der Waals surface area contributed by atoms with Crippen LogP contribution in [0.25, 0.3) is 0 Å². The molecule has 2 amide bonds. The van der Waals surface area contributed by atoms with Gasteiger partial charge >= 0.3 is 0 Å². The average Bonchev–Trinajstić information content (AvgIpc) is 2.83. The molecule has 0 saturated carbocycles. The molecule has 1 atom stereocenters. The first-order valence-corrected chi connectivity index (χ1v) is 11.0. The summed E-state index contributed by atoms with van der Waals surface area (Å²) in [6.45, 7) is 1.94. The first-order valence-electron chi connectivity index (χ1n) is 10.2. The molecule has 8 nitrogen and oxygen atoms in total. The molecule has 0 aromatic heterocycles. The number of amides is 2. The summed E-state index contributed by atoms with van der Waals surface area (Å²) in [7, 11) is 1.58. The maximum Gasteiger partial charge on any atom is 0.269 e. The molecule has 0 radical (unpaired) electrons. The molecular formula is C24H23N3O5S. The maximum atomic E-state index is 12.7. The fraction of sp³-hybridized carbons (Fsp3) is 0.167. The number of ether oxygens (including phenoxy) is 1. The zero-order valence-corrected chi connectivity index (χ0v) is 18.9. The molecule has 0 heterocycles. The van der Waals surface area contributed by atoms with Crippen LogP contribution in [0, 0.1) is 10.1 Å². The van der Waals surface area contributed by atoms with Crippen molar-refractivity contribution in [2.24, 2.45) is 0 Å². The lowest BCUT2D eigenvalue weighted by Crippen LogP contribution is -2.24. The third kappa shape index (κ3) is 6.56. The minimum Gasteiger partial charge on any atom is -0.497 e. The van der Waals surface area contributed by atoms with Crippen molar-refractivity contribution >= 4 is 40.6 Å². The maximum absolute atomic E-state index is 12.7. The number of rotatable bonds is 9. The summed E-state index contributed by atoms with van der Waals surface area (Å²) in [6.07, 6.45) is 0.617. The van der Waals surface area contributed by atoms with Gasteiger partial charge in [0.15, 0.2) is 0 Å². The van der Waals surface area contributed by atoms with E-state index in [0.29, 0.717) is 29.1 Å². The molecule has 3 aromatic rings. The van der Waals surface area contributed by atoms with Gasteiger partial charge in [-0.3, -0.25) is 19.7 Å². The van der Waals surface area contributed by atoms with E-state index >= 15 is 0 Å². The van der Waals surface area contributed by atoms with E-state index in [4.69, 9.17) is 4.74 Å². The Labute approximate surface area is 195 Å². The predicted molar refractivity (Wildman–Crippen MR) is 129 cm³/mol. The van der Waals surface area contributed by atoms with Gasteiger partial charge in [0.25, 0.3) is 11.6 Å². The van der Waals surface area contributed by atoms with E-state index in [1.807, 2.05) is 13.0 Å². The quantitative estimate of drug-likeness (QED) is 0.250. The summed E-state index contributed by atoms with van der Waals surface area (Å²) in [6, 6.07) is 19.7. The second kappa shape index (κ2) is 11.1. The normalized spacial score (nSPS) is 11.3. The van der Waals surface area contributed by atoms with Crippen LogP contribution in [0.4, 0.5) is 17.1 Å². The number of anilines is 2. The third-order valence-corrected chi connectivity index (χ3v) is 6.09. The Morgan fingerprint density at radius 2 is 1.70 bits per heavy atom. The van der Waals surface area contributed by atoms with Crippen LogP contribution in [0.3, 0.4) is 0 Å². The molecule has 33 heavy (non-hydrogen) atoms. The van der Waals surface area contributed by atoms with Gasteiger partial charge in [-0.15, -0.1) is 11.8 Å². The number of methoxy groups -OCH3 is 1. The van der Waals surface area contributed by atoms with Gasteiger partial charge in [-0.05, 0) is 61.0 Å². The number of carbonyl (C=O) groups excluding carboxylic acids is 2. The Morgan fingerprint density at radius 1 is 1.00 bits per heavy atom. The number of nitrogens with zero attached hydrogens (tertiary/aromatic N) is 1. The van der Waals surface area contributed by atoms with Crippen LogP contribution in [-0.2, 0) is 4.79 Å². The molecule has 0 aliphatic heterocycles. The zero-order valence-electron chi connectivity index (χ0n) is 18.1. The van der Waals surface area contributed by atoms with E-state index in [2.05, 4.69) is 10.6 Å².